The summed E-state index contributed by atoms with van der Waals surface area (Å²) >= 11 is 0. The van der Waals surface area contributed by atoms with Crippen LogP contribution in [0, 0.1) is 10.1 Å². The molecule has 0 aliphatic carbocycles. The number of nitro groups is 1. The van der Waals surface area contributed by atoms with Crippen molar-refractivity contribution < 1.29 is 24.0 Å². The molecule has 0 spiro atoms. The van der Waals surface area contributed by atoms with Crippen LogP contribution >= 0.6 is 0 Å². The zero-order chi connectivity index (χ0) is 17.5. The van der Waals surface area contributed by atoms with Crippen molar-refractivity contribution in [2.45, 2.75) is 13.0 Å². The van der Waals surface area contributed by atoms with Crippen molar-refractivity contribution in [3.63, 3.8) is 0 Å². The summed E-state index contributed by atoms with van der Waals surface area (Å²) in [6.45, 7) is 1.45. The maximum atomic E-state index is 11.9. The van der Waals surface area contributed by atoms with E-state index in [9.17, 15) is 19.7 Å². The number of non-ortho nitro benzene ring substituents is 1. The zero-order valence-corrected chi connectivity index (χ0v) is 12.7. The molecule has 8 nitrogen and oxygen atoms in total. The van der Waals surface area contributed by atoms with E-state index in [2.05, 4.69) is 5.32 Å². The minimum Gasteiger partial charge on any atom is -0.425 e. The van der Waals surface area contributed by atoms with Crippen molar-refractivity contribution in [2.75, 3.05) is 0 Å². The van der Waals surface area contributed by atoms with Crippen LogP contribution in [0.1, 0.15) is 6.92 Å². The lowest BCUT2D eigenvalue weighted by Crippen LogP contribution is -2.42. The Morgan fingerprint density at radius 1 is 1.00 bits per heavy atom. The third kappa shape index (κ3) is 4.80. The van der Waals surface area contributed by atoms with Crippen LogP contribution in [0.4, 0.5) is 10.5 Å². The predicted octanol–water partition coefficient (Wildman–Crippen LogP) is 2.68. The Morgan fingerprint density at radius 2 is 1.58 bits per heavy atom. The van der Waals surface area contributed by atoms with E-state index >= 15 is 0 Å². The molecule has 8 heteroatoms. The molecule has 0 saturated carbocycles. The molecule has 0 aliphatic heterocycles. The van der Waals surface area contributed by atoms with E-state index in [1.165, 1.54) is 31.2 Å². The first-order valence-electron chi connectivity index (χ1n) is 6.95. The molecule has 0 fully saturated rings. The van der Waals surface area contributed by atoms with E-state index in [0.29, 0.717) is 5.75 Å². The molecule has 0 radical (unpaired) electrons. The van der Waals surface area contributed by atoms with Crippen molar-refractivity contribution >= 4 is 17.7 Å². The van der Waals surface area contributed by atoms with E-state index in [1.807, 2.05) is 0 Å². The highest BCUT2D eigenvalue weighted by molar-refractivity contribution is 5.83. The molecule has 1 atom stereocenters. The zero-order valence-electron chi connectivity index (χ0n) is 12.7. The van der Waals surface area contributed by atoms with Crippen LogP contribution in [0.25, 0.3) is 0 Å². The molecule has 1 N–H and O–H groups in total. The Balaban J connectivity index is 1.86. The molecule has 2 rings (SSSR count). The van der Waals surface area contributed by atoms with E-state index in [-0.39, 0.29) is 11.4 Å². The summed E-state index contributed by atoms with van der Waals surface area (Å²) < 4.78 is 10.0. The molecule has 0 unspecified atom stereocenters. The number of hydrogen-bond acceptors (Lipinski definition) is 6. The van der Waals surface area contributed by atoms with Gasteiger partial charge in [0.15, 0.2) is 0 Å². The first-order valence-corrected chi connectivity index (χ1v) is 6.95. The van der Waals surface area contributed by atoms with Gasteiger partial charge in [-0.25, -0.2) is 9.59 Å². The number of rotatable bonds is 5. The topological polar surface area (TPSA) is 108 Å². The van der Waals surface area contributed by atoms with Gasteiger partial charge >= 0.3 is 12.1 Å². The second kappa shape index (κ2) is 7.73. The van der Waals surface area contributed by atoms with Gasteiger partial charge in [-0.15, -0.1) is 0 Å². The van der Waals surface area contributed by atoms with Crippen LogP contribution < -0.4 is 14.8 Å². The second-order valence-corrected chi connectivity index (χ2v) is 4.74. The van der Waals surface area contributed by atoms with Gasteiger partial charge in [-0.1, -0.05) is 18.2 Å². The molecule has 0 heterocycles. The lowest BCUT2D eigenvalue weighted by Gasteiger charge is -2.13. The maximum Gasteiger partial charge on any atom is 0.413 e. The minimum absolute atomic E-state index is 0.113. The molecular formula is C16H14N2O6. The summed E-state index contributed by atoms with van der Waals surface area (Å²) in [4.78, 5) is 33.6. The van der Waals surface area contributed by atoms with Gasteiger partial charge in [0, 0.05) is 12.1 Å². The Labute approximate surface area is 137 Å². The number of esters is 1. The number of nitro benzene ring substituents is 1. The number of benzene rings is 2. The number of carbonyl (C=O) groups is 2. The van der Waals surface area contributed by atoms with Gasteiger partial charge in [-0.2, -0.15) is 0 Å². The van der Waals surface area contributed by atoms with E-state index in [1.54, 1.807) is 30.3 Å². The lowest BCUT2D eigenvalue weighted by atomic mass is 10.3. The van der Waals surface area contributed by atoms with Crippen molar-refractivity contribution in [3.8, 4) is 11.5 Å². The molecule has 24 heavy (non-hydrogen) atoms. The smallest absolute Gasteiger partial charge is 0.413 e. The maximum absolute atomic E-state index is 11.9. The number of carbonyl (C=O) groups excluding carboxylic acids is 2. The van der Waals surface area contributed by atoms with Gasteiger partial charge in [0.05, 0.1) is 4.92 Å². The summed E-state index contributed by atoms with van der Waals surface area (Å²) in [5.74, 6) is -0.177. The molecule has 124 valence electrons. The average molecular weight is 330 g/mol. The second-order valence-electron chi connectivity index (χ2n) is 4.74. The van der Waals surface area contributed by atoms with Gasteiger partial charge in [0.25, 0.3) is 5.69 Å². The fourth-order valence-corrected chi connectivity index (χ4v) is 1.70. The fourth-order valence-electron chi connectivity index (χ4n) is 1.70. The molecule has 0 saturated heterocycles. The van der Waals surface area contributed by atoms with Crippen molar-refractivity contribution in [3.05, 3.63) is 64.7 Å². The Hall–Kier alpha value is -3.42. The van der Waals surface area contributed by atoms with Gasteiger partial charge in [-0.3, -0.25) is 10.1 Å². The number of amides is 1. The summed E-state index contributed by atoms with van der Waals surface area (Å²) in [6.07, 6.45) is -0.874. The van der Waals surface area contributed by atoms with E-state index < -0.39 is 23.0 Å². The molecular weight excluding hydrogens is 316 g/mol. The summed E-state index contributed by atoms with van der Waals surface area (Å²) in [5, 5.41) is 12.9. The first-order chi connectivity index (χ1) is 11.5. The molecule has 0 aromatic heterocycles. The van der Waals surface area contributed by atoms with Crippen molar-refractivity contribution in [1.82, 2.24) is 5.32 Å². The molecule has 0 bridgehead atoms. The van der Waals surface area contributed by atoms with Crippen LogP contribution in [0.2, 0.25) is 0 Å². The van der Waals surface area contributed by atoms with E-state index in [4.69, 9.17) is 9.47 Å². The average Bonchev–Trinajstić information content (AvgIpc) is 2.56. The van der Waals surface area contributed by atoms with Crippen LogP contribution in [0.5, 0.6) is 11.5 Å². The van der Waals surface area contributed by atoms with E-state index in [0.717, 1.165) is 0 Å². The Kier molecular flexibility index (Phi) is 5.45. The first kappa shape index (κ1) is 16.9. The van der Waals surface area contributed by atoms with Crippen LogP contribution in [0.3, 0.4) is 0 Å². The van der Waals surface area contributed by atoms with Crippen molar-refractivity contribution in [2.24, 2.45) is 0 Å². The lowest BCUT2D eigenvalue weighted by molar-refractivity contribution is -0.384. The fraction of sp³-hybridized carbons (Fsp3) is 0.125. The molecule has 2 aromatic carbocycles. The Bertz CT molecular complexity index is 730. The third-order valence-electron chi connectivity index (χ3n) is 2.91. The monoisotopic (exact) mass is 330 g/mol. The predicted molar refractivity (Wildman–Crippen MR) is 83.8 cm³/mol. The highest BCUT2D eigenvalue weighted by Crippen LogP contribution is 2.17. The van der Waals surface area contributed by atoms with Gasteiger partial charge in [0.2, 0.25) is 0 Å². The van der Waals surface area contributed by atoms with Crippen LogP contribution in [-0.2, 0) is 4.79 Å². The Morgan fingerprint density at radius 3 is 2.17 bits per heavy atom. The molecule has 2 aromatic rings. The van der Waals surface area contributed by atoms with Gasteiger partial charge in [-0.05, 0) is 31.2 Å². The molecule has 0 aliphatic rings. The van der Waals surface area contributed by atoms with Gasteiger partial charge in [0.1, 0.15) is 17.5 Å². The number of nitrogens with one attached hydrogen (secondary N) is 1. The third-order valence-corrected chi connectivity index (χ3v) is 2.91. The highest BCUT2D eigenvalue weighted by Gasteiger charge is 2.19. The van der Waals surface area contributed by atoms with Crippen molar-refractivity contribution in [1.29, 1.82) is 0 Å². The quantitative estimate of drug-likeness (QED) is 0.391. The summed E-state index contributed by atoms with van der Waals surface area (Å²) in [5.41, 5.74) is -0.123. The standard InChI is InChI=1S/C16H14N2O6/c1-11(15(19)23-13-5-3-2-4-6-13)17-16(20)24-14-9-7-12(8-10-14)18(21)22/h2-11H,1H3,(H,17,20)/t11-/m0/s1. The minimum atomic E-state index is -0.934. The summed E-state index contributed by atoms with van der Waals surface area (Å²) in [6, 6.07) is 12.5. The normalized spacial score (nSPS) is 11.2. The highest BCUT2D eigenvalue weighted by atomic mass is 16.6. The molecule has 1 amide bonds. The number of ether oxygens (including phenoxy) is 2. The largest absolute Gasteiger partial charge is 0.425 e. The van der Waals surface area contributed by atoms with Crippen LogP contribution in [0.15, 0.2) is 54.6 Å². The number of para-hydroxylation sites is 1. The number of nitrogens with zero attached hydrogens (tertiary/aromatic N) is 1. The van der Waals surface area contributed by atoms with Gasteiger partial charge < -0.3 is 14.8 Å². The van der Waals surface area contributed by atoms with Crippen LogP contribution in [-0.4, -0.2) is 23.0 Å². The SMILES string of the molecule is C[C@H](NC(=O)Oc1ccc([N+](=O)[O-])cc1)C(=O)Oc1ccccc1. The number of hydrogen-bond donors (Lipinski definition) is 1. The summed E-state index contributed by atoms with van der Waals surface area (Å²) in [7, 11) is 0.